The first-order valence-electron chi connectivity index (χ1n) is 4.20. The molecule has 0 radical (unpaired) electrons. The first-order valence-corrected chi connectivity index (χ1v) is 4.73. The summed E-state index contributed by atoms with van der Waals surface area (Å²) >= 11 is 5.79. The summed E-state index contributed by atoms with van der Waals surface area (Å²) in [6, 6.07) is 0.906. The van der Waals surface area contributed by atoms with Crippen LogP contribution >= 0.6 is 11.6 Å². The van der Waals surface area contributed by atoms with Crippen LogP contribution in [0.3, 0.4) is 0 Å². The van der Waals surface area contributed by atoms with Gasteiger partial charge in [-0.15, -0.1) is 11.6 Å². The van der Waals surface area contributed by atoms with Crippen LogP contribution in [0.5, 0.6) is 0 Å². The van der Waals surface area contributed by atoms with E-state index in [-0.39, 0.29) is 0 Å². The minimum absolute atomic E-state index is 0.798. The second-order valence-electron chi connectivity index (χ2n) is 3.55. The molecule has 10 heavy (non-hydrogen) atoms. The van der Waals surface area contributed by atoms with Crippen molar-refractivity contribution in [2.45, 2.75) is 25.3 Å². The Morgan fingerprint density at radius 1 is 1.50 bits per heavy atom. The van der Waals surface area contributed by atoms with Crippen LogP contribution in [0.4, 0.5) is 0 Å². The smallest absolute Gasteiger partial charge is 0.0264 e. The zero-order valence-corrected chi connectivity index (χ0v) is 6.98. The molecule has 0 aromatic rings. The number of fused-ring (bicyclic) bond motifs is 1. The highest BCUT2D eigenvalue weighted by molar-refractivity contribution is 6.18. The Labute approximate surface area is 67.3 Å². The highest BCUT2D eigenvalue weighted by atomic mass is 35.5. The lowest BCUT2D eigenvalue weighted by Crippen LogP contribution is -2.22. The fourth-order valence-electron chi connectivity index (χ4n) is 2.31. The van der Waals surface area contributed by atoms with Crippen LogP contribution in [-0.2, 0) is 0 Å². The predicted molar refractivity (Wildman–Crippen MR) is 43.4 cm³/mol. The third kappa shape index (κ3) is 1.06. The van der Waals surface area contributed by atoms with Gasteiger partial charge in [0.2, 0.25) is 0 Å². The Kier molecular flexibility index (Phi) is 1.88. The van der Waals surface area contributed by atoms with E-state index in [9.17, 15) is 0 Å². The van der Waals surface area contributed by atoms with Crippen LogP contribution in [0.25, 0.3) is 0 Å². The Morgan fingerprint density at radius 3 is 3.10 bits per heavy atom. The van der Waals surface area contributed by atoms with Gasteiger partial charge in [-0.3, -0.25) is 0 Å². The van der Waals surface area contributed by atoms with Crippen LogP contribution in [0.2, 0.25) is 0 Å². The summed E-state index contributed by atoms with van der Waals surface area (Å²) in [4.78, 5) is 2.60. The number of alkyl halides is 1. The molecule has 0 N–H and O–H groups in total. The average Bonchev–Trinajstić information content (AvgIpc) is 2.42. The molecule has 2 aliphatic rings. The molecule has 0 saturated carbocycles. The van der Waals surface area contributed by atoms with Crippen molar-refractivity contribution in [2.75, 3.05) is 19.0 Å². The maximum absolute atomic E-state index is 5.79. The summed E-state index contributed by atoms with van der Waals surface area (Å²) in [5.74, 6) is 1.67. The predicted octanol–water partition coefficient (Wildman–Crippen LogP) is 1.71. The van der Waals surface area contributed by atoms with Gasteiger partial charge in [0.1, 0.15) is 0 Å². The van der Waals surface area contributed by atoms with Crippen molar-refractivity contribution in [3.05, 3.63) is 0 Å². The molecular weight excluding hydrogens is 146 g/mol. The van der Waals surface area contributed by atoms with Gasteiger partial charge in [-0.1, -0.05) is 0 Å². The van der Waals surface area contributed by atoms with E-state index in [1.165, 1.54) is 32.4 Å². The SMILES string of the molecule is ClCC1CC2CCCN2C1. The van der Waals surface area contributed by atoms with E-state index in [0.29, 0.717) is 0 Å². The van der Waals surface area contributed by atoms with Gasteiger partial charge < -0.3 is 4.90 Å². The fourth-order valence-corrected chi connectivity index (χ4v) is 2.53. The molecule has 58 valence electrons. The topological polar surface area (TPSA) is 3.24 Å². The lowest BCUT2D eigenvalue weighted by molar-refractivity contribution is 0.320. The standard InChI is InChI=1S/C8H14ClN/c9-5-7-4-8-2-1-3-10(8)6-7/h7-8H,1-6H2. The summed E-state index contributed by atoms with van der Waals surface area (Å²) < 4.78 is 0. The second kappa shape index (κ2) is 2.71. The number of nitrogens with zero attached hydrogens (tertiary/aromatic N) is 1. The molecular formula is C8H14ClN. The molecule has 0 bridgehead atoms. The molecule has 0 amide bonds. The molecule has 1 nitrogen and oxygen atoms in total. The van der Waals surface area contributed by atoms with E-state index in [1.807, 2.05) is 0 Å². The maximum Gasteiger partial charge on any atom is 0.0264 e. The van der Waals surface area contributed by atoms with E-state index in [4.69, 9.17) is 11.6 Å². The highest BCUT2D eigenvalue weighted by Crippen LogP contribution is 2.31. The highest BCUT2D eigenvalue weighted by Gasteiger charge is 2.34. The summed E-state index contributed by atoms with van der Waals surface area (Å²) in [5, 5.41) is 0. The Balaban J connectivity index is 1.94. The monoisotopic (exact) mass is 159 g/mol. The van der Waals surface area contributed by atoms with Crippen LogP contribution in [0.15, 0.2) is 0 Å². The first-order chi connectivity index (χ1) is 4.90. The van der Waals surface area contributed by atoms with Gasteiger partial charge in [0.15, 0.2) is 0 Å². The van der Waals surface area contributed by atoms with E-state index < -0.39 is 0 Å². The maximum atomic E-state index is 5.79. The minimum atomic E-state index is 0.798. The zero-order chi connectivity index (χ0) is 6.97. The van der Waals surface area contributed by atoms with E-state index in [1.54, 1.807) is 0 Å². The number of hydrogen-bond acceptors (Lipinski definition) is 1. The van der Waals surface area contributed by atoms with Crippen molar-refractivity contribution in [3.63, 3.8) is 0 Å². The van der Waals surface area contributed by atoms with Gasteiger partial charge in [-0.2, -0.15) is 0 Å². The normalized spacial score (nSPS) is 40.5. The summed E-state index contributed by atoms with van der Waals surface area (Å²) in [6.45, 7) is 2.60. The number of hydrogen-bond donors (Lipinski definition) is 0. The Morgan fingerprint density at radius 2 is 2.40 bits per heavy atom. The van der Waals surface area contributed by atoms with Crippen LogP contribution < -0.4 is 0 Å². The number of halogens is 1. The lowest BCUT2D eigenvalue weighted by atomic mass is 10.1. The van der Waals surface area contributed by atoms with E-state index in [2.05, 4.69) is 4.90 Å². The largest absolute Gasteiger partial charge is 0.300 e. The van der Waals surface area contributed by atoms with Gasteiger partial charge in [0, 0.05) is 18.5 Å². The average molecular weight is 160 g/mol. The molecule has 2 unspecified atom stereocenters. The summed E-state index contributed by atoms with van der Waals surface area (Å²) in [5.41, 5.74) is 0. The molecule has 2 saturated heterocycles. The number of rotatable bonds is 1. The molecule has 2 heterocycles. The second-order valence-corrected chi connectivity index (χ2v) is 3.86. The molecule has 2 atom stereocenters. The van der Waals surface area contributed by atoms with Crippen LogP contribution in [0, 0.1) is 5.92 Å². The van der Waals surface area contributed by atoms with Crippen molar-refractivity contribution in [1.82, 2.24) is 4.90 Å². The Hall–Kier alpha value is 0.250. The Bertz CT molecular complexity index is 114. The molecule has 2 aliphatic heterocycles. The van der Waals surface area contributed by atoms with Gasteiger partial charge in [-0.25, -0.2) is 0 Å². The third-order valence-corrected chi connectivity index (χ3v) is 3.25. The van der Waals surface area contributed by atoms with Gasteiger partial charge in [-0.05, 0) is 31.7 Å². The van der Waals surface area contributed by atoms with Crippen LogP contribution in [-0.4, -0.2) is 29.9 Å². The van der Waals surface area contributed by atoms with Gasteiger partial charge >= 0.3 is 0 Å². The van der Waals surface area contributed by atoms with Crippen molar-refractivity contribution in [2.24, 2.45) is 5.92 Å². The molecule has 0 aromatic heterocycles. The molecule has 0 aliphatic carbocycles. The quantitative estimate of drug-likeness (QED) is 0.527. The van der Waals surface area contributed by atoms with Crippen molar-refractivity contribution in [3.8, 4) is 0 Å². The minimum Gasteiger partial charge on any atom is -0.300 e. The van der Waals surface area contributed by atoms with Crippen molar-refractivity contribution in [1.29, 1.82) is 0 Å². The van der Waals surface area contributed by atoms with E-state index >= 15 is 0 Å². The fraction of sp³-hybridized carbons (Fsp3) is 1.00. The van der Waals surface area contributed by atoms with Gasteiger partial charge in [0.05, 0.1) is 0 Å². The van der Waals surface area contributed by atoms with Crippen molar-refractivity contribution >= 4 is 11.6 Å². The molecule has 2 heteroatoms. The van der Waals surface area contributed by atoms with Crippen molar-refractivity contribution < 1.29 is 0 Å². The summed E-state index contributed by atoms with van der Waals surface area (Å²) in [6.07, 6.45) is 4.20. The first kappa shape index (κ1) is 6.93. The zero-order valence-electron chi connectivity index (χ0n) is 6.22. The molecule has 2 rings (SSSR count). The third-order valence-electron chi connectivity index (χ3n) is 2.82. The molecule has 0 aromatic carbocycles. The van der Waals surface area contributed by atoms with Gasteiger partial charge in [0.25, 0.3) is 0 Å². The lowest BCUT2D eigenvalue weighted by Gasteiger charge is -2.12. The molecule has 2 fully saturated rings. The van der Waals surface area contributed by atoms with E-state index in [0.717, 1.165) is 17.8 Å². The molecule has 0 spiro atoms. The van der Waals surface area contributed by atoms with Crippen LogP contribution in [0.1, 0.15) is 19.3 Å². The summed E-state index contributed by atoms with van der Waals surface area (Å²) in [7, 11) is 0.